The maximum Gasteiger partial charge on any atom is 0.416 e. The largest absolute Gasteiger partial charge is 0.416 e. The van der Waals surface area contributed by atoms with Gasteiger partial charge < -0.3 is 15.5 Å². The number of carbonyl (C=O) groups excluding carboxylic acids is 1. The minimum atomic E-state index is -4.36. The Kier molecular flexibility index (Phi) is 7.38. The molecular formula is C20H24F3N3O. The number of nitrogens with one attached hydrogen (secondary N) is 2. The lowest BCUT2D eigenvalue weighted by Gasteiger charge is -2.20. The molecule has 0 saturated carbocycles. The highest BCUT2D eigenvalue weighted by atomic mass is 19.4. The van der Waals surface area contributed by atoms with Gasteiger partial charge in [0.1, 0.15) is 6.04 Å². The molecule has 0 radical (unpaired) electrons. The Balaban J connectivity index is 2.00. The Morgan fingerprint density at radius 1 is 1.04 bits per heavy atom. The maximum absolute atomic E-state index is 12.7. The fourth-order valence-electron chi connectivity index (χ4n) is 2.54. The van der Waals surface area contributed by atoms with Crippen LogP contribution in [0.5, 0.6) is 0 Å². The Bertz CT molecular complexity index is 716. The summed E-state index contributed by atoms with van der Waals surface area (Å²) in [6, 6.07) is 13.6. The quantitative estimate of drug-likeness (QED) is 0.740. The standard InChI is InChI=1S/C20H24F3N3O/c1-26(2)13-12-24-18(16-6-4-3-5-7-16)19(27)25-14-15-8-10-17(11-9-15)20(21,22)23/h3-11,18,24H,12-14H2,1-2H3,(H,25,27)/t18-/m0/s1. The molecule has 0 saturated heterocycles. The molecular weight excluding hydrogens is 355 g/mol. The minimum Gasteiger partial charge on any atom is -0.350 e. The van der Waals surface area contributed by atoms with E-state index in [4.69, 9.17) is 0 Å². The zero-order chi connectivity index (χ0) is 19.9. The SMILES string of the molecule is CN(C)CCN[C@H](C(=O)NCc1ccc(C(F)(F)F)cc1)c1ccccc1. The first-order valence-corrected chi connectivity index (χ1v) is 8.64. The number of halogens is 3. The van der Waals surface area contributed by atoms with Crippen molar-refractivity contribution in [3.8, 4) is 0 Å². The molecule has 4 nitrogen and oxygen atoms in total. The first kappa shape index (κ1) is 20.9. The molecule has 2 aromatic carbocycles. The van der Waals surface area contributed by atoms with Gasteiger partial charge in [-0.2, -0.15) is 13.2 Å². The van der Waals surface area contributed by atoms with E-state index >= 15 is 0 Å². The topological polar surface area (TPSA) is 44.4 Å². The third-order valence-corrected chi connectivity index (χ3v) is 4.05. The van der Waals surface area contributed by atoms with Crippen molar-refractivity contribution in [2.45, 2.75) is 18.8 Å². The molecule has 2 N–H and O–H groups in total. The van der Waals surface area contributed by atoms with Gasteiger partial charge in [-0.25, -0.2) is 0 Å². The summed E-state index contributed by atoms with van der Waals surface area (Å²) in [5, 5.41) is 6.03. The van der Waals surface area contributed by atoms with Crippen molar-refractivity contribution in [1.29, 1.82) is 0 Å². The van der Waals surface area contributed by atoms with Crippen LogP contribution in [0, 0.1) is 0 Å². The van der Waals surface area contributed by atoms with Crippen LogP contribution in [0.25, 0.3) is 0 Å². The molecule has 0 aromatic heterocycles. The normalized spacial score (nSPS) is 12.8. The van der Waals surface area contributed by atoms with E-state index in [2.05, 4.69) is 10.6 Å². The molecule has 27 heavy (non-hydrogen) atoms. The van der Waals surface area contributed by atoms with Crippen molar-refractivity contribution in [2.75, 3.05) is 27.2 Å². The fraction of sp³-hybridized carbons (Fsp3) is 0.350. The predicted octanol–water partition coefficient (Wildman–Crippen LogP) is 3.21. The van der Waals surface area contributed by atoms with Crippen LogP contribution in [0.3, 0.4) is 0 Å². The third-order valence-electron chi connectivity index (χ3n) is 4.05. The zero-order valence-corrected chi connectivity index (χ0v) is 15.4. The van der Waals surface area contributed by atoms with Crippen LogP contribution in [-0.2, 0) is 17.5 Å². The number of likely N-dealkylation sites (N-methyl/N-ethyl adjacent to an activating group) is 1. The second-order valence-corrected chi connectivity index (χ2v) is 6.51. The van der Waals surface area contributed by atoms with Gasteiger partial charge in [0, 0.05) is 19.6 Å². The van der Waals surface area contributed by atoms with Crippen molar-refractivity contribution in [3.05, 3.63) is 71.3 Å². The maximum atomic E-state index is 12.7. The average Bonchev–Trinajstić information content (AvgIpc) is 2.63. The Labute approximate surface area is 157 Å². The van der Waals surface area contributed by atoms with Gasteiger partial charge in [0.05, 0.1) is 5.56 Å². The summed E-state index contributed by atoms with van der Waals surface area (Å²) < 4.78 is 37.9. The van der Waals surface area contributed by atoms with Gasteiger partial charge in [0.15, 0.2) is 0 Å². The van der Waals surface area contributed by atoms with Gasteiger partial charge in [0.25, 0.3) is 0 Å². The number of amides is 1. The van der Waals surface area contributed by atoms with Gasteiger partial charge in [-0.05, 0) is 37.4 Å². The van der Waals surface area contributed by atoms with Crippen LogP contribution in [0.15, 0.2) is 54.6 Å². The van der Waals surface area contributed by atoms with Crippen LogP contribution in [0.4, 0.5) is 13.2 Å². The Morgan fingerprint density at radius 3 is 2.22 bits per heavy atom. The molecule has 1 amide bonds. The molecule has 0 unspecified atom stereocenters. The molecule has 0 aliphatic heterocycles. The lowest BCUT2D eigenvalue weighted by molar-refractivity contribution is -0.137. The van der Waals surface area contributed by atoms with Crippen molar-refractivity contribution in [2.24, 2.45) is 0 Å². The molecule has 0 fully saturated rings. The molecule has 0 bridgehead atoms. The molecule has 2 aromatic rings. The van der Waals surface area contributed by atoms with E-state index in [1.165, 1.54) is 12.1 Å². The van der Waals surface area contributed by atoms with Crippen molar-refractivity contribution in [3.63, 3.8) is 0 Å². The van der Waals surface area contributed by atoms with Crippen molar-refractivity contribution >= 4 is 5.91 Å². The van der Waals surface area contributed by atoms with Gasteiger partial charge in [-0.1, -0.05) is 42.5 Å². The molecule has 0 aliphatic carbocycles. The lowest BCUT2D eigenvalue weighted by Crippen LogP contribution is -2.39. The smallest absolute Gasteiger partial charge is 0.350 e. The number of benzene rings is 2. The van der Waals surface area contributed by atoms with Crippen LogP contribution >= 0.6 is 0 Å². The van der Waals surface area contributed by atoms with E-state index in [1.54, 1.807) is 0 Å². The van der Waals surface area contributed by atoms with Gasteiger partial charge >= 0.3 is 6.18 Å². The van der Waals surface area contributed by atoms with Crippen molar-refractivity contribution < 1.29 is 18.0 Å². The number of carbonyl (C=O) groups is 1. The Morgan fingerprint density at radius 2 is 1.67 bits per heavy atom. The van der Waals surface area contributed by atoms with E-state index in [9.17, 15) is 18.0 Å². The molecule has 0 spiro atoms. The number of nitrogens with zero attached hydrogens (tertiary/aromatic N) is 1. The summed E-state index contributed by atoms with van der Waals surface area (Å²) in [4.78, 5) is 14.7. The average molecular weight is 379 g/mol. The van der Waals surface area contributed by atoms with Crippen molar-refractivity contribution in [1.82, 2.24) is 15.5 Å². The summed E-state index contributed by atoms with van der Waals surface area (Å²) in [6.45, 7) is 1.56. The molecule has 7 heteroatoms. The zero-order valence-electron chi connectivity index (χ0n) is 15.4. The fourth-order valence-corrected chi connectivity index (χ4v) is 2.54. The highest BCUT2D eigenvalue weighted by Gasteiger charge is 2.30. The van der Waals surface area contributed by atoms with Gasteiger partial charge in [-0.15, -0.1) is 0 Å². The predicted molar refractivity (Wildman–Crippen MR) is 99.0 cm³/mol. The third kappa shape index (κ3) is 6.69. The molecule has 146 valence electrons. The summed E-state index contributed by atoms with van der Waals surface area (Å²) in [5.74, 6) is -0.222. The summed E-state index contributed by atoms with van der Waals surface area (Å²) in [6.07, 6.45) is -4.36. The van der Waals surface area contributed by atoms with Crippen LogP contribution in [0.1, 0.15) is 22.7 Å². The summed E-state index contributed by atoms with van der Waals surface area (Å²) in [5.41, 5.74) is 0.739. The monoisotopic (exact) mass is 379 g/mol. The summed E-state index contributed by atoms with van der Waals surface area (Å²) >= 11 is 0. The summed E-state index contributed by atoms with van der Waals surface area (Å²) in [7, 11) is 3.90. The van der Waals surface area contributed by atoms with E-state index in [1.807, 2.05) is 49.3 Å². The molecule has 0 aliphatic rings. The lowest BCUT2D eigenvalue weighted by atomic mass is 10.1. The molecule has 2 rings (SSSR count). The number of alkyl halides is 3. The van der Waals surface area contributed by atoms with Crippen LogP contribution in [0.2, 0.25) is 0 Å². The molecule has 0 heterocycles. The van der Waals surface area contributed by atoms with Crippen LogP contribution in [-0.4, -0.2) is 38.0 Å². The minimum absolute atomic E-state index is 0.162. The second-order valence-electron chi connectivity index (χ2n) is 6.51. The van der Waals surface area contributed by atoms with E-state index in [-0.39, 0.29) is 12.5 Å². The van der Waals surface area contributed by atoms with Gasteiger partial charge in [-0.3, -0.25) is 4.79 Å². The number of hydrogen-bond donors (Lipinski definition) is 2. The molecule has 1 atom stereocenters. The first-order chi connectivity index (χ1) is 12.8. The van der Waals surface area contributed by atoms with E-state index in [0.29, 0.717) is 12.1 Å². The number of rotatable bonds is 8. The highest BCUT2D eigenvalue weighted by molar-refractivity contribution is 5.83. The van der Waals surface area contributed by atoms with E-state index in [0.717, 1.165) is 24.2 Å². The first-order valence-electron chi connectivity index (χ1n) is 8.64. The number of hydrogen-bond acceptors (Lipinski definition) is 3. The van der Waals surface area contributed by atoms with Gasteiger partial charge in [0.2, 0.25) is 5.91 Å². The highest BCUT2D eigenvalue weighted by Crippen LogP contribution is 2.29. The van der Waals surface area contributed by atoms with E-state index < -0.39 is 17.8 Å². The second kappa shape index (κ2) is 9.53. The Hall–Kier alpha value is -2.38. The van der Waals surface area contributed by atoms with Crippen LogP contribution < -0.4 is 10.6 Å².